The molecule has 2 N–H and O–H groups in total. The monoisotopic (exact) mass is 136 g/mol. The third kappa shape index (κ3) is 2.40. The van der Waals surface area contributed by atoms with Crippen LogP contribution in [0.4, 0.5) is 0 Å². The van der Waals surface area contributed by atoms with Crippen molar-refractivity contribution in [1.29, 1.82) is 0 Å². The molecule has 2 unspecified atom stereocenters. The highest BCUT2D eigenvalue weighted by atomic mass is 32.2. The summed E-state index contributed by atoms with van der Waals surface area (Å²) >= 11 is -2.11. The lowest BCUT2D eigenvalue weighted by Gasteiger charge is -2.17. The number of hydrogen-bond donors (Lipinski definition) is 1. The normalized spacial score (nSPS) is 18.6. The lowest BCUT2D eigenvalue weighted by molar-refractivity contribution is 0.493. The summed E-state index contributed by atoms with van der Waals surface area (Å²) in [6.45, 7) is 3.53. The van der Waals surface area contributed by atoms with Crippen LogP contribution in [0.2, 0.25) is 0 Å². The van der Waals surface area contributed by atoms with Gasteiger partial charge < -0.3 is 10.3 Å². The maximum absolute atomic E-state index is 10.0. The molecule has 50 valence electrons. The van der Waals surface area contributed by atoms with E-state index in [1.54, 1.807) is 13.8 Å². The van der Waals surface area contributed by atoms with Gasteiger partial charge in [-0.3, -0.25) is 4.21 Å². The van der Waals surface area contributed by atoms with E-state index >= 15 is 0 Å². The first kappa shape index (κ1) is 8.07. The molecule has 0 heterocycles. The van der Waals surface area contributed by atoms with Gasteiger partial charge in [-0.05, 0) is 17.0 Å². The van der Waals surface area contributed by atoms with E-state index in [1.807, 2.05) is 0 Å². The zero-order valence-corrected chi connectivity index (χ0v) is 5.77. The fourth-order valence-corrected chi connectivity index (χ4v) is 0.667. The van der Waals surface area contributed by atoms with Crippen LogP contribution in [0.25, 0.3) is 0 Å². The van der Waals surface area contributed by atoms with Crippen molar-refractivity contribution in [3.8, 4) is 0 Å². The molecule has 8 heavy (non-hydrogen) atoms. The molecule has 0 aliphatic heterocycles. The summed E-state index contributed by atoms with van der Waals surface area (Å²) in [4.78, 5) is 0. The molecular weight excluding hydrogens is 126 g/mol. The van der Waals surface area contributed by atoms with Crippen LogP contribution in [0.3, 0.4) is 0 Å². The summed E-state index contributed by atoms with van der Waals surface area (Å²) in [6, 6.07) is 0. The Balaban J connectivity index is 3.64. The van der Waals surface area contributed by atoms with E-state index in [0.29, 0.717) is 0 Å². The van der Waals surface area contributed by atoms with Gasteiger partial charge in [0.05, 0.1) is 5.37 Å². The second-order valence-electron chi connectivity index (χ2n) is 1.97. The first-order chi connectivity index (χ1) is 3.55. The molecule has 0 aromatic heterocycles. The maximum atomic E-state index is 10.0. The van der Waals surface area contributed by atoms with E-state index in [9.17, 15) is 8.76 Å². The summed E-state index contributed by atoms with van der Waals surface area (Å²) in [5, 5.41) is -0.713. The molecule has 0 spiro atoms. The highest BCUT2D eigenvalue weighted by Crippen LogP contribution is 1.99. The van der Waals surface area contributed by atoms with Gasteiger partial charge in [0.15, 0.2) is 0 Å². The second-order valence-corrected chi connectivity index (χ2v) is 3.03. The van der Waals surface area contributed by atoms with Crippen LogP contribution >= 0.6 is 0 Å². The minimum atomic E-state index is -2.11. The van der Waals surface area contributed by atoms with E-state index in [1.165, 1.54) is 0 Å². The maximum Gasteiger partial charge on any atom is 0.0699 e. The molecule has 0 aliphatic rings. The minimum absolute atomic E-state index is 0.00772. The Labute approximate surface area is 51.6 Å². The lowest BCUT2D eigenvalue weighted by atomic mass is 10.2. The van der Waals surface area contributed by atoms with Gasteiger partial charge >= 0.3 is 0 Å². The second kappa shape index (κ2) is 3.17. The Bertz CT molecular complexity index is 94.0. The Kier molecular flexibility index (Phi) is 3.19. The predicted molar refractivity (Wildman–Crippen MR) is 31.7 cm³/mol. The zero-order chi connectivity index (χ0) is 6.73. The number of hydrogen-bond acceptors (Lipinski definition) is 3. The van der Waals surface area contributed by atoms with Gasteiger partial charge in [-0.2, -0.15) is 0 Å². The molecule has 0 amide bonds. The van der Waals surface area contributed by atoms with Crippen LogP contribution in [-0.2, 0) is 11.1 Å². The van der Waals surface area contributed by atoms with Crippen molar-refractivity contribution in [2.45, 2.75) is 19.2 Å². The third-order valence-corrected chi connectivity index (χ3v) is 1.87. The standard InChI is InChI=1S/C4H11NO2S/c1-3(2)4(5)8(6)7/h3-4H,5H2,1-2H3,(H,6,7)/p-1. The molecule has 0 saturated carbocycles. The van der Waals surface area contributed by atoms with Crippen LogP contribution in [0, 0.1) is 5.92 Å². The SMILES string of the molecule is CC(C)C(N)S(=O)[O-]. The van der Waals surface area contributed by atoms with Crippen LogP contribution in [-0.4, -0.2) is 14.1 Å². The van der Waals surface area contributed by atoms with Crippen LogP contribution in [0.1, 0.15) is 13.8 Å². The molecule has 0 aliphatic carbocycles. The average Bonchev–Trinajstić information content (AvgIpc) is 1.64. The Morgan fingerprint density at radius 1 is 1.62 bits per heavy atom. The summed E-state index contributed by atoms with van der Waals surface area (Å²) in [7, 11) is 0. The fourth-order valence-electron chi connectivity index (χ4n) is 0.222. The summed E-state index contributed by atoms with van der Waals surface area (Å²) in [5.74, 6) is 0.00772. The molecule has 0 radical (unpaired) electrons. The van der Waals surface area contributed by atoms with Gasteiger partial charge in [0.1, 0.15) is 0 Å². The Hall–Kier alpha value is 0.0700. The predicted octanol–water partition coefficient (Wildman–Crippen LogP) is -0.194. The van der Waals surface area contributed by atoms with Crippen molar-refractivity contribution in [3.63, 3.8) is 0 Å². The van der Waals surface area contributed by atoms with Crippen molar-refractivity contribution >= 4 is 11.1 Å². The number of rotatable bonds is 2. The van der Waals surface area contributed by atoms with E-state index in [-0.39, 0.29) is 5.92 Å². The highest BCUT2D eigenvalue weighted by Gasteiger charge is 2.05. The topological polar surface area (TPSA) is 66.2 Å². The zero-order valence-electron chi connectivity index (χ0n) is 4.96. The minimum Gasteiger partial charge on any atom is -0.771 e. The number of nitrogens with two attached hydrogens (primary N) is 1. The Morgan fingerprint density at radius 3 is 2.00 bits per heavy atom. The van der Waals surface area contributed by atoms with Crippen molar-refractivity contribution in [3.05, 3.63) is 0 Å². The van der Waals surface area contributed by atoms with Crippen molar-refractivity contribution in [2.75, 3.05) is 0 Å². The largest absolute Gasteiger partial charge is 0.771 e. The molecule has 0 bridgehead atoms. The lowest BCUT2D eigenvalue weighted by Crippen LogP contribution is -2.30. The van der Waals surface area contributed by atoms with Gasteiger partial charge in [0.25, 0.3) is 0 Å². The van der Waals surface area contributed by atoms with Crippen LogP contribution in [0.15, 0.2) is 0 Å². The first-order valence-corrected chi connectivity index (χ1v) is 3.53. The summed E-state index contributed by atoms with van der Waals surface area (Å²) in [5.41, 5.74) is 5.15. The highest BCUT2D eigenvalue weighted by molar-refractivity contribution is 7.79. The van der Waals surface area contributed by atoms with Gasteiger partial charge in [-0.1, -0.05) is 13.8 Å². The van der Waals surface area contributed by atoms with E-state index in [0.717, 1.165) is 0 Å². The molecule has 0 rings (SSSR count). The van der Waals surface area contributed by atoms with Gasteiger partial charge in [-0.15, -0.1) is 0 Å². The van der Waals surface area contributed by atoms with Crippen molar-refractivity contribution in [1.82, 2.24) is 0 Å². The molecule has 3 nitrogen and oxygen atoms in total. The van der Waals surface area contributed by atoms with Crippen molar-refractivity contribution < 1.29 is 8.76 Å². The fraction of sp³-hybridized carbons (Fsp3) is 1.00. The molecular formula is C4H10NO2S-. The molecule has 4 heteroatoms. The first-order valence-electron chi connectivity index (χ1n) is 2.39. The summed E-state index contributed by atoms with van der Waals surface area (Å²) < 4.78 is 20.0. The van der Waals surface area contributed by atoms with Gasteiger partial charge in [0.2, 0.25) is 0 Å². The Morgan fingerprint density at radius 2 is 2.00 bits per heavy atom. The quantitative estimate of drug-likeness (QED) is 0.535. The molecule has 2 atom stereocenters. The summed E-state index contributed by atoms with van der Waals surface area (Å²) in [6.07, 6.45) is 0. The van der Waals surface area contributed by atoms with Crippen molar-refractivity contribution in [2.24, 2.45) is 11.7 Å². The molecule has 0 fully saturated rings. The molecule has 0 aromatic rings. The molecule has 0 saturated heterocycles. The van der Waals surface area contributed by atoms with E-state index < -0.39 is 16.5 Å². The van der Waals surface area contributed by atoms with Crippen LogP contribution in [0.5, 0.6) is 0 Å². The average molecular weight is 136 g/mol. The van der Waals surface area contributed by atoms with Gasteiger partial charge in [-0.25, -0.2) is 0 Å². The smallest absolute Gasteiger partial charge is 0.0699 e. The van der Waals surface area contributed by atoms with Gasteiger partial charge in [0, 0.05) is 0 Å². The van der Waals surface area contributed by atoms with Crippen LogP contribution < -0.4 is 5.73 Å². The van der Waals surface area contributed by atoms with E-state index in [2.05, 4.69) is 0 Å². The molecule has 0 aromatic carbocycles. The third-order valence-electron chi connectivity index (χ3n) is 0.879. The van der Waals surface area contributed by atoms with E-state index in [4.69, 9.17) is 5.73 Å².